The largest absolute Gasteiger partial charge is 0.481 e. The Bertz CT molecular complexity index is 1900. The normalized spacial score (nSPS) is 10.0. The summed E-state index contributed by atoms with van der Waals surface area (Å²) in [7, 11) is 3.43. The molecule has 2 N–H and O–H groups in total. The Morgan fingerprint density at radius 2 is 0.805 bits per heavy atom. The summed E-state index contributed by atoms with van der Waals surface area (Å²) in [5.74, 6) is -1.38. The molecule has 0 amide bonds. The first-order valence-corrected chi connectivity index (χ1v) is 29.6. The van der Waals surface area contributed by atoms with Crippen molar-refractivity contribution in [1.82, 2.24) is 0 Å². The van der Waals surface area contributed by atoms with Crippen molar-refractivity contribution in [1.29, 1.82) is 0 Å². The molecule has 14 nitrogen and oxygen atoms in total. The molecule has 21 heteroatoms. The number of carbonyl (C=O) groups is 7. The molecular formula is C61H103O14S4Y3-3. The van der Waals surface area contributed by atoms with Crippen LogP contribution in [0.2, 0.25) is 0 Å². The molecule has 3 radical (unpaired) electrons. The van der Waals surface area contributed by atoms with Crippen LogP contribution in [0.4, 0.5) is 0 Å². The van der Waals surface area contributed by atoms with E-state index in [1.54, 1.807) is 47.2 Å². The Labute approximate surface area is 590 Å². The van der Waals surface area contributed by atoms with Crippen LogP contribution >= 0.6 is 45.1 Å². The molecule has 467 valence electrons. The molecule has 2 unspecified atom stereocenters. The zero-order valence-electron chi connectivity index (χ0n) is 53.8. The van der Waals surface area contributed by atoms with Crippen LogP contribution in [0.25, 0.3) is 0 Å². The van der Waals surface area contributed by atoms with E-state index in [1.165, 1.54) is 30.5 Å². The third-order valence-electron chi connectivity index (χ3n) is 9.87. The zero-order valence-corrected chi connectivity index (χ0v) is 65.6. The van der Waals surface area contributed by atoms with Crippen LogP contribution < -0.4 is 0 Å². The predicted octanol–water partition coefficient (Wildman–Crippen LogP) is 15.5. The Balaban J connectivity index is -0.0000000782. The smallest absolute Gasteiger partial charge is 0.307 e. The van der Waals surface area contributed by atoms with E-state index in [-0.39, 0.29) is 154 Å². The fourth-order valence-corrected chi connectivity index (χ4v) is 7.38. The number of benzene rings is 3. The maximum absolute atomic E-state index is 10.8. The quantitative estimate of drug-likeness (QED) is 0.0239. The minimum atomic E-state index is -0.723. The molecule has 0 aliphatic carbocycles. The van der Waals surface area contributed by atoms with Gasteiger partial charge < -0.3 is 56.2 Å². The SMILES string of the molecule is CC(=O)OCc1ccc(C)cc1.CCCOC(C)=O.CCCOC=O.CCCSSC(C)(C)C(C)C(=O)O.CSC(C)(C)C.CSC(C)(C)C(C)C(=O)O.Cc1ccc(COC=O)cc1.Cc1ccc(COC=O)cc1.[CH3-].[CH3-].[CH3-].[Y].[Y].[Y]. The maximum atomic E-state index is 10.8. The molecule has 0 bridgehead atoms. The average Bonchev–Trinajstić information content (AvgIpc) is 3.37. The molecule has 0 aliphatic heterocycles. The van der Waals surface area contributed by atoms with E-state index >= 15 is 0 Å². The first kappa shape index (κ1) is 105. The van der Waals surface area contributed by atoms with Crippen molar-refractivity contribution < 1.29 is 166 Å². The van der Waals surface area contributed by atoms with Crippen LogP contribution in [-0.4, -0.2) is 99.2 Å². The van der Waals surface area contributed by atoms with Crippen molar-refractivity contribution in [2.24, 2.45) is 11.8 Å². The first-order chi connectivity index (χ1) is 35.4. The van der Waals surface area contributed by atoms with E-state index in [2.05, 4.69) is 52.9 Å². The van der Waals surface area contributed by atoms with Crippen LogP contribution in [0, 0.1) is 54.9 Å². The van der Waals surface area contributed by atoms with Gasteiger partial charge >= 0.3 is 23.9 Å². The summed E-state index contributed by atoms with van der Waals surface area (Å²) in [6, 6.07) is 23.6. The molecule has 0 heterocycles. The molecule has 3 aromatic carbocycles. The van der Waals surface area contributed by atoms with Gasteiger partial charge in [0.25, 0.3) is 19.4 Å². The Morgan fingerprint density at radius 3 is 1.01 bits per heavy atom. The van der Waals surface area contributed by atoms with Crippen molar-refractivity contribution in [3.63, 3.8) is 0 Å². The monoisotopic (exact) mass is 1450 g/mol. The van der Waals surface area contributed by atoms with E-state index in [9.17, 15) is 33.6 Å². The predicted molar refractivity (Wildman–Crippen MR) is 338 cm³/mol. The number of carboxylic acid groups (broad SMARTS) is 2. The van der Waals surface area contributed by atoms with E-state index in [1.807, 2.05) is 153 Å². The summed E-state index contributed by atoms with van der Waals surface area (Å²) in [6.07, 6.45) is 6.99. The third-order valence-corrected chi connectivity index (χ3v) is 16.1. The average molecular weight is 1460 g/mol. The molecule has 82 heavy (non-hydrogen) atoms. The van der Waals surface area contributed by atoms with Crippen LogP contribution in [0.5, 0.6) is 0 Å². The maximum Gasteiger partial charge on any atom is 0.307 e. The zero-order chi connectivity index (χ0) is 59.8. The van der Waals surface area contributed by atoms with Gasteiger partial charge in [-0.05, 0) is 96.9 Å². The van der Waals surface area contributed by atoms with Crippen molar-refractivity contribution in [2.45, 2.75) is 171 Å². The molecule has 3 rings (SSSR count). The molecule has 0 saturated carbocycles. The number of aryl methyl sites for hydroxylation is 3. The van der Waals surface area contributed by atoms with Gasteiger partial charge in [0.05, 0.1) is 25.0 Å². The van der Waals surface area contributed by atoms with Gasteiger partial charge in [-0.1, -0.05) is 166 Å². The Kier molecular flexibility index (Phi) is 86.4. The second kappa shape index (κ2) is 67.2. The van der Waals surface area contributed by atoms with Gasteiger partial charge in [0.15, 0.2) is 0 Å². The van der Waals surface area contributed by atoms with Gasteiger partial charge in [0, 0.05) is 132 Å². The molecule has 0 spiro atoms. The van der Waals surface area contributed by atoms with E-state index < -0.39 is 11.9 Å². The van der Waals surface area contributed by atoms with Crippen LogP contribution in [0.1, 0.15) is 150 Å². The molecule has 0 aromatic heterocycles. The van der Waals surface area contributed by atoms with Gasteiger partial charge in [0.2, 0.25) is 0 Å². The summed E-state index contributed by atoms with van der Waals surface area (Å²) in [6.45, 7) is 36.5. The number of hydrogen-bond acceptors (Lipinski definition) is 16. The van der Waals surface area contributed by atoms with Crippen molar-refractivity contribution >= 4 is 88.4 Å². The first-order valence-electron chi connectivity index (χ1n) is 24.9. The summed E-state index contributed by atoms with van der Waals surface area (Å²) in [5, 5.41) is 17.5. The molecule has 0 saturated heterocycles. The standard InChI is InChI=1S/C10H12O2.C9H18O2S2.2C9H10O2.C7H14O2S.C5H10O2.C5H12S.C4H8O2.3CH3.3Y/c1-8-3-5-10(6-4-8)7-12-9(2)11;1-5-6-12-13-9(3,4)7(2)8(10)11;2*1-8-2-4-9(5-3-8)6-11-7-10;1-5(6(8)9)7(2,3)10-4;1-3-4-7-5(2)6;1-5(2,3)6-4;1-2-3-6-4-5;;;;;;/h3-6H,7H2,1-2H3;7H,5-6H2,1-4H3,(H,10,11);2*2-5,7H,6H2,1H3;5H,1-4H3,(H,8,9);3-4H2,1-2H3;1-4H3;4H,2-3H2,1H3;3*1H3;;;/q;;;;;;;;3*-1;;;. The van der Waals surface area contributed by atoms with Gasteiger partial charge in [-0.2, -0.15) is 23.5 Å². The molecule has 0 fully saturated rings. The summed E-state index contributed by atoms with van der Waals surface area (Å²) in [4.78, 5) is 70.7. The number of carbonyl (C=O) groups excluding carboxylic acids is 5. The minimum absolute atomic E-state index is 0. The summed E-state index contributed by atoms with van der Waals surface area (Å²) < 4.78 is 22.9. The Hall–Kier alpha value is -1.34. The number of thioether (sulfide) groups is 2. The minimum Gasteiger partial charge on any atom is -0.481 e. The summed E-state index contributed by atoms with van der Waals surface area (Å²) in [5.41, 5.74) is 6.68. The molecule has 2 atom stereocenters. The van der Waals surface area contributed by atoms with Crippen LogP contribution in [-0.2, 0) is 175 Å². The second-order valence-electron chi connectivity index (χ2n) is 18.6. The fraction of sp³-hybridized carbons (Fsp3) is 0.541. The van der Waals surface area contributed by atoms with Crippen LogP contribution in [0.3, 0.4) is 0 Å². The van der Waals surface area contributed by atoms with E-state index in [0.717, 1.165) is 41.7 Å². The van der Waals surface area contributed by atoms with Gasteiger partial charge in [-0.3, -0.25) is 33.6 Å². The van der Waals surface area contributed by atoms with Crippen molar-refractivity contribution in [3.05, 3.63) is 128 Å². The fourth-order valence-electron chi connectivity index (χ4n) is 4.03. The summed E-state index contributed by atoms with van der Waals surface area (Å²) >= 11 is 3.46. The number of aliphatic carboxylic acids is 2. The van der Waals surface area contributed by atoms with Gasteiger partial charge in [0.1, 0.15) is 19.8 Å². The van der Waals surface area contributed by atoms with Gasteiger partial charge in [-0.15, -0.1) is 0 Å². The number of esters is 2. The van der Waals surface area contributed by atoms with Crippen LogP contribution in [0.15, 0.2) is 72.8 Å². The second-order valence-corrected chi connectivity index (χ2v) is 24.8. The number of ether oxygens (including phenoxy) is 5. The van der Waals surface area contributed by atoms with Gasteiger partial charge in [-0.25, -0.2) is 0 Å². The van der Waals surface area contributed by atoms with Crippen molar-refractivity contribution in [3.8, 4) is 0 Å². The molecule has 3 aromatic rings. The number of rotatable bonds is 22. The van der Waals surface area contributed by atoms with Crippen molar-refractivity contribution in [2.75, 3.05) is 31.5 Å². The topological polar surface area (TPSA) is 206 Å². The van der Waals surface area contributed by atoms with E-state index in [0.29, 0.717) is 57.2 Å². The number of carboxylic acids is 2. The third kappa shape index (κ3) is 72.9. The molecule has 0 aliphatic rings. The number of hydrogen-bond donors (Lipinski definition) is 2. The van der Waals surface area contributed by atoms with E-state index in [4.69, 9.17) is 14.9 Å². The molecular weight excluding hydrogens is 1350 g/mol. The Morgan fingerprint density at radius 1 is 0.500 bits per heavy atom.